The number of ketones is 1. The van der Waals surface area contributed by atoms with Crippen LogP contribution in [0, 0.1) is 6.92 Å². The van der Waals surface area contributed by atoms with Crippen LogP contribution in [0.2, 0.25) is 5.02 Å². The second-order valence-electron chi connectivity index (χ2n) is 8.26. The predicted octanol–water partition coefficient (Wildman–Crippen LogP) is 5.90. The SMILES string of the molecule is COc1ccc(C2/C(=C(\O)c3ccc(OC)c(Cl)c3)C(=O)C(=O)N2c2nc3ccc(C)cc3s2)cc1. The Balaban J connectivity index is 1.71. The Labute approximate surface area is 216 Å². The van der Waals surface area contributed by atoms with Crippen molar-refractivity contribution in [2.24, 2.45) is 0 Å². The first-order valence-electron chi connectivity index (χ1n) is 11.0. The molecular formula is C27H21ClN2O5S. The van der Waals surface area contributed by atoms with Crippen molar-refractivity contribution in [3.63, 3.8) is 0 Å². The highest BCUT2D eigenvalue weighted by molar-refractivity contribution is 7.22. The van der Waals surface area contributed by atoms with E-state index in [9.17, 15) is 14.7 Å². The van der Waals surface area contributed by atoms with Gasteiger partial charge in [0.15, 0.2) is 5.13 Å². The summed E-state index contributed by atoms with van der Waals surface area (Å²) in [6.07, 6.45) is 0. The second-order valence-corrected chi connectivity index (χ2v) is 9.68. The van der Waals surface area contributed by atoms with Gasteiger partial charge in [-0.3, -0.25) is 14.5 Å². The number of aromatic nitrogens is 1. The minimum atomic E-state index is -0.904. The molecule has 1 N–H and O–H groups in total. The molecule has 0 saturated carbocycles. The van der Waals surface area contributed by atoms with Crippen LogP contribution >= 0.6 is 22.9 Å². The van der Waals surface area contributed by atoms with Crippen molar-refractivity contribution < 1.29 is 24.2 Å². The van der Waals surface area contributed by atoms with Gasteiger partial charge in [0.2, 0.25) is 0 Å². The van der Waals surface area contributed by atoms with E-state index in [-0.39, 0.29) is 21.9 Å². The quantitative estimate of drug-likeness (QED) is 0.200. The van der Waals surface area contributed by atoms with Crippen molar-refractivity contribution in [3.05, 3.63) is 87.9 Å². The van der Waals surface area contributed by atoms with Gasteiger partial charge in [-0.15, -0.1) is 0 Å². The van der Waals surface area contributed by atoms with Crippen LogP contribution in [0.1, 0.15) is 22.7 Å². The fourth-order valence-corrected chi connectivity index (χ4v) is 5.57. The second kappa shape index (κ2) is 9.29. The summed E-state index contributed by atoms with van der Waals surface area (Å²) in [5.74, 6) is -0.875. The minimum Gasteiger partial charge on any atom is -0.507 e. The van der Waals surface area contributed by atoms with Crippen LogP contribution in [0.15, 0.2) is 66.2 Å². The largest absolute Gasteiger partial charge is 0.507 e. The number of halogens is 1. The maximum Gasteiger partial charge on any atom is 0.301 e. The molecule has 1 amide bonds. The average molecular weight is 521 g/mol. The number of aryl methyl sites for hydroxylation is 1. The summed E-state index contributed by atoms with van der Waals surface area (Å²) in [6, 6.07) is 16.6. The van der Waals surface area contributed by atoms with Gasteiger partial charge in [0.1, 0.15) is 17.3 Å². The number of carbonyl (C=O) groups is 2. The van der Waals surface area contributed by atoms with Gasteiger partial charge in [0.25, 0.3) is 5.78 Å². The van der Waals surface area contributed by atoms with E-state index in [0.717, 1.165) is 15.8 Å². The van der Waals surface area contributed by atoms with Gasteiger partial charge in [-0.05, 0) is 60.5 Å². The molecule has 182 valence electrons. The summed E-state index contributed by atoms with van der Waals surface area (Å²) < 4.78 is 11.4. The van der Waals surface area contributed by atoms with E-state index in [4.69, 9.17) is 21.1 Å². The Kier molecular flexibility index (Phi) is 6.15. The molecule has 5 rings (SSSR count). The van der Waals surface area contributed by atoms with Crippen LogP contribution in [-0.4, -0.2) is 36.0 Å². The summed E-state index contributed by atoms with van der Waals surface area (Å²) >= 11 is 7.58. The van der Waals surface area contributed by atoms with Crippen molar-refractivity contribution in [1.82, 2.24) is 4.98 Å². The molecule has 0 bridgehead atoms. The zero-order valence-electron chi connectivity index (χ0n) is 19.6. The molecule has 9 heteroatoms. The maximum absolute atomic E-state index is 13.4. The van der Waals surface area contributed by atoms with Crippen LogP contribution in [0.3, 0.4) is 0 Å². The van der Waals surface area contributed by atoms with Crippen LogP contribution in [0.4, 0.5) is 5.13 Å². The third-order valence-electron chi connectivity index (χ3n) is 6.04. The highest BCUT2D eigenvalue weighted by Gasteiger charge is 2.48. The summed E-state index contributed by atoms with van der Waals surface area (Å²) in [7, 11) is 3.03. The number of hydrogen-bond donors (Lipinski definition) is 1. The molecule has 0 spiro atoms. The normalized spacial score (nSPS) is 17.1. The lowest BCUT2D eigenvalue weighted by Gasteiger charge is -2.23. The molecule has 1 unspecified atom stereocenters. The van der Waals surface area contributed by atoms with E-state index in [0.29, 0.717) is 22.2 Å². The first-order valence-corrected chi connectivity index (χ1v) is 12.2. The Morgan fingerprint density at radius 2 is 1.78 bits per heavy atom. The topological polar surface area (TPSA) is 89.0 Å². The molecule has 3 aromatic carbocycles. The zero-order chi connectivity index (χ0) is 25.6. The summed E-state index contributed by atoms with van der Waals surface area (Å²) in [4.78, 5) is 32.8. The molecule has 0 radical (unpaired) electrons. The van der Waals surface area contributed by atoms with E-state index < -0.39 is 17.7 Å². The summed E-state index contributed by atoms with van der Waals surface area (Å²) in [5, 5.41) is 11.9. The standard InChI is InChI=1S/C27H21ClN2O5S/c1-14-4-10-19-21(12-14)36-27(29-19)30-23(15-5-8-17(34-2)9-6-15)22(25(32)26(30)33)24(31)16-7-11-20(35-3)18(28)13-16/h4-13,23,31H,1-3H3/b24-22+. The van der Waals surface area contributed by atoms with Crippen molar-refractivity contribution in [1.29, 1.82) is 0 Å². The fraction of sp³-hybridized carbons (Fsp3) is 0.148. The number of nitrogens with zero attached hydrogens (tertiary/aromatic N) is 2. The molecule has 1 saturated heterocycles. The third-order valence-corrected chi connectivity index (χ3v) is 7.35. The number of ether oxygens (including phenoxy) is 2. The van der Waals surface area contributed by atoms with Crippen LogP contribution < -0.4 is 14.4 Å². The van der Waals surface area contributed by atoms with E-state index in [1.807, 2.05) is 25.1 Å². The van der Waals surface area contributed by atoms with Crippen LogP contribution in [0.25, 0.3) is 16.0 Å². The van der Waals surface area contributed by atoms with E-state index in [1.54, 1.807) is 43.5 Å². The first kappa shape index (κ1) is 23.8. The lowest BCUT2D eigenvalue weighted by molar-refractivity contribution is -0.132. The number of anilines is 1. The molecule has 1 atom stereocenters. The summed E-state index contributed by atoms with van der Waals surface area (Å²) in [6.45, 7) is 1.97. The van der Waals surface area contributed by atoms with E-state index in [2.05, 4.69) is 4.98 Å². The number of fused-ring (bicyclic) bond motifs is 1. The molecule has 7 nitrogen and oxygen atoms in total. The number of rotatable bonds is 5. The van der Waals surface area contributed by atoms with E-state index >= 15 is 0 Å². The Hall–Kier alpha value is -3.88. The number of thiazole rings is 1. The van der Waals surface area contributed by atoms with Gasteiger partial charge in [0.05, 0.1) is 41.1 Å². The Bertz CT molecular complexity index is 1540. The monoisotopic (exact) mass is 520 g/mol. The fourth-order valence-electron chi connectivity index (χ4n) is 4.22. The van der Waals surface area contributed by atoms with Gasteiger partial charge in [0, 0.05) is 5.56 Å². The molecular weight excluding hydrogens is 500 g/mol. The smallest absolute Gasteiger partial charge is 0.301 e. The maximum atomic E-state index is 13.4. The molecule has 36 heavy (non-hydrogen) atoms. The highest BCUT2D eigenvalue weighted by atomic mass is 35.5. The van der Waals surface area contributed by atoms with E-state index in [1.165, 1.54) is 29.4 Å². The van der Waals surface area contributed by atoms with Gasteiger partial charge < -0.3 is 14.6 Å². The third kappa shape index (κ3) is 3.98. The van der Waals surface area contributed by atoms with Crippen molar-refractivity contribution in [2.45, 2.75) is 13.0 Å². The number of aliphatic hydroxyl groups is 1. The van der Waals surface area contributed by atoms with Crippen molar-refractivity contribution in [2.75, 3.05) is 19.1 Å². The van der Waals surface area contributed by atoms with Gasteiger partial charge >= 0.3 is 5.91 Å². The molecule has 1 aromatic heterocycles. The van der Waals surface area contributed by atoms with Gasteiger partial charge in [-0.1, -0.05) is 41.1 Å². The number of benzene rings is 3. The van der Waals surface area contributed by atoms with Crippen molar-refractivity contribution >= 4 is 55.7 Å². The molecule has 1 aliphatic rings. The van der Waals surface area contributed by atoms with Gasteiger partial charge in [-0.2, -0.15) is 0 Å². The molecule has 2 heterocycles. The van der Waals surface area contributed by atoms with Crippen molar-refractivity contribution in [3.8, 4) is 11.5 Å². The predicted molar refractivity (Wildman–Crippen MR) is 140 cm³/mol. The Morgan fingerprint density at radius 1 is 1.03 bits per heavy atom. The average Bonchev–Trinajstić information content (AvgIpc) is 3.41. The number of aliphatic hydroxyl groups excluding tert-OH is 1. The first-order chi connectivity index (χ1) is 17.3. The number of amides is 1. The zero-order valence-corrected chi connectivity index (χ0v) is 21.2. The number of methoxy groups -OCH3 is 2. The Morgan fingerprint density at radius 3 is 2.44 bits per heavy atom. The molecule has 0 aliphatic carbocycles. The minimum absolute atomic E-state index is 0.0539. The lowest BCUT2D eigenvalue weighted by Crippen LogP contribution is -2.29. The van der Waals surface area contributed by atoms with Crippen LogP contribution in [-0.2, 0) is 9.59 Å². The number of carbonyl (C=O) groups excluding carboxylic acids is 2. The summed E-state index contributed by atoms with van der Waals surface area (Å²) in [5.41, 5.74) is 2.63. The highest BCUT2D eigenvalue weighted by Crippen LogP contribution is 2.45. The van der Waals surface area contributed by atoms with Gasteiger partial charge in [-0.25, -0.2) is 4.98 Å². The lowest BCUT2D eigenvalue weighted by atomic mass is 9.95. The number of Topliss-reactive ketones (excluding diaryl/α,β-unsaturated/α-hetero) is 1. The molecule has 1 fully saturated rings. The van der Waals surface area contributed by atoms with Crippen LogP contribution in [0.5, 0.6) is 11.5 Å². The molecule has 4 aromatic rings. The number of hydrogen-bond acceptors (Lipinski definition) is 7. The molecule has 1 aliphatic heterocycles.